The van der Waals surface area contributed by atoms with E-state index in [-0.39, 0.29) is 6.10 Å². The first-order chi connectivity index (χ1) is 13.0. The van der Waals surface area contributed by atoms with Crippen molar-refractivity contribution in [1.82, 2.24) is 5.32 Å². The van der Waals surface area contributed by atoms with E-state index in [1.807, 2.05) is 50.2 Å². The molecule has 0 fully saturated rings. The van der Waals surface area contributed by atoms with Crippen LogP contribution in [0.4, 0.5) is 5.69 Å². The molecule has 0 aliphatic rings. The second kappa shape index (κ2) is 10.6. The van der Waals surface area contributed by atoms with Gasteiger partial charge < -0.3 is 24.8 Å². The molecule has 0 saturated carbocycles. The Labute approximate surface area is 167 Å². The molecule has 0 aliphatic carbocycles. The summed E-state index contributed by atoms with van der Waals surface area (Å²) in [7, 11) is 3.29. The molecule has 2 aromatic carbocycles. The minimum Gasteiger partial charge on any atom is -0.493 e. The molecule has 146 valence electrons. The lowest BCUT2D eigenvalue weighted by Gasteiger charge is -2.13. The molecule has 2 rings (SSSR count). The van der Waals surface area contributed by atoms with Crippen LogP contribution in [0.25, 0.3) is 0 Å². The van der Waals surface area contributed by atoms with Gasteiger partial charge in [0.15, 0.2) is 16.6 Å². The van der Waals surface area contributed by atoms with E-state index in [2.05, 4.69) is 16.7 Å². The van der Waals surface area contributed by atoms with Gasteiger partial charge in [0, 0.05) is 12.2 Å². The summed E-state index contributed by atoms with van der Waals surface area (Å²) < 4.78 is 16.2. The van der Waals surface area contributed by atoms with E-state index in [0.29, 0.717) is 5.11 Å². The summed E-state index contributed by atoms with van der Waals surface area (Å²) in [5.74, 6) is 2.35. The van der Waals surface area contributed by atoms with Gasteiger partial charge in [-0.15, -0.1) is 0 Å². The zero-order valence-corrected chi connectivity index (χ0v) is 17.2. The van der Waals surface area contributed by atoms with Crippen molar-refractivity contribution in [3.05, 3.63) is 48.0 Å². The normalized spacial score (nSPS) is 10.4. The molecule has 2 N–H and O–H groups in total. The molecular formula is C21H28N2O3S. The molecule has 2 aromatic rings. The third-order valence-electron chi connectivity index (χ3n) is 3.86. The summed E-state index contributed by atoms with van der Waals surface area (Å²) in [5.41, 5.74) is 2.14. The van der Waals surface area contributed by atoms with Gasteiger partial charge in [0.1, 0.15) is 5.75 Å². The zero-order chi connectivity index (χ0) is 19.6. The molecule has 0 spiro atoms. The highest BCUT2D eigenvalue weighted by Gasteiger charge is 2.05. The Bertz CT molecular complexity index is 733. The molecule has 0 aliphatic heterocycles. The van der Waals surface area contributed by atoms with Gasteiger partial charge in [-0.25, -0.2) is 0 Å². The number of thiocarbonyl (C=S) groups is 1. The first-order valence-electron chi connectivity index (χ1n) is 9.04. The minimum atomic E-state index is 0.164. The molecule has 0 heterocycles. The Kier molecular flexibility index (Phi) is 8.20. The maximum Gasteiger partial charge on any atom is 0.170 e. The maximum atomic E-state index is 5.63. The average molecular weight is 389 g/mol. The van der Waals surface area contributed by atoms with Crippen molar-refractivity contribution in [2.24, 2.45) is 0 Å². The number of hydrogen-bond acceptors (Lipinski definition) is 4. The smallest absolute Gasteiger partial charge is 0.170 e. The van der Waals surface area contributed by atoms with Crippen LogP contribution in [0.15, 0.2) is 42.5 Å². The molecule has 5 nitrogen and oxygen atoms in total. The minimum absolute atomic E-state index is 0.164. The van der Waals surface area contributed by atoms with E-state index in [1.165, 1.54) is 5.56 Å². The Morgan fingerprint density at radius 2 is 1.70 bits per heavy atom. The predicted octanol–water partition coefficient (Wildman–Crippen LogP) is 4.41. The SMILES string of the molecule is COc1ccc(CCCNC(=S)Nc2ccc(OC(C)C)cc2)cc1OC. The van der Waals surface area contributed by atoms with Crippen molar-refractivity contribution in [2.45, 2.75) is 32.8 Å². The topological polar surface area (TPSA) is 51.8 Å². The second-order valence-electron chi connectivity index (χ2n) is 6.36. The van der Waals surface area contributed by atoms with Crippen molar-refractivity contribution in [1.29, 1.82) is 0 Å². The highest BCUT2D eigenvalue weighted by molar-refractivity contribution is 7.80. The molecule has 27 heavy (non-hydrogen) atoms. The molecule has 0 aromatic heterocycles. The van der Waals surface area contributed by atoms with Gasteiger partial charge in [0.25, 0.3) is 0 Å². The molecular weight excluding hydrogens is 360 g/mol. The number of nitrogens with one attached hydrogen (secondary N) is 2. The first-order valence-corrected chi connectivity index (χ1v) is 9.45. The lowest BCUT2D eigenvalue weighted by atomic mass is 10.1. The van der Waals surface area contributed by atoms with Crippen LogP contribution < -0.4 is 24.8 Å². The maximum absolute atomic E-state index is 5.63. The van der Waals surface area contributed by atoms with Crippen LogP contribution in [-0.2, 0) is 6.42 Å². The number of benzene rings is 2. The van der Waals surface area contributed by atoms with Crippen LogP contribution in [0, 0.1) is 0 Å². The van der Waals surface area contributed by atoms with Crippen molar-refractivity contribution in [3.63, 3.8) is 0 Å². The van der Waals surface area contributed by atoms with E-state index in [0.717, 1.165) is 42.3 Å². The lowest BCUT2D eigenvalue weighted by Crippen LogP contribution is -2.29. The predicted molar refractivity (Wildman–Crippen MR) is 114 cm³/mol. The van der Waals surface area contributed by atoms with Crippen molar-refractivity contribution in [2.75, 3.05) is 26.1 Å². The number of aryl methyl sites for hydroxylation is 1. The van der Waals surface area contributed by atoms with Gasteiger partial charge in [-0.2, -0.15) is 0 Å². The molecule has 0 amide bonds. The molecule has 6 heteroatoms. The van der Waals surface area contributed by atoms with E-state index in [9.17, 15) is 0 Å². The van der Waals surface area contributed by atoms with E-state index < -0.39 is 0 Å². The van der Waals surface area contributed by atoms with E-state index in [1.54, 1.807) is 14.2 Å². The van der Waals surface area contributed by atoms with Gasteiger partial charge in [-0.3, -0.25) is 0 Å². The van der Waals surface area contributed by atoms with Crippen LogP contribution >= 0.6 is 12.2 Å². The largest absolute Gasteiger partial charge is 0.493 e. The van der Waals surface area contributed by atoms with Gasteiger partial charge >= 0.3 is 0 Å². The van der Waals surface area contributed by atoms with Crippen molar-refractivity contribution < 1.29 is 14.2 Å². The fraction of sp³-hybridized carbons (Fsp3) is 0.381. The number of ether oxygens (including phenoxy) is 3. The highest BCUT2D eigenvalue weighted by atomic mass is 32.1. The van der Waals surface area contributed by atoms with Crippen LogP contribution in [0.2, 0.25) is 0 Å². The van der Waals surface area contributed by atoms with Crippen LogP contribution in [-0.4, -0.2) is 32.0 Å². The fourth-order valence-electron chi connectivity index (χ4n) is 2.59. The Morgan fingerprint density at radius 1 is 1.00 bits per heavy atom. The van der Waals surface area contributed by atoms with Crippen LogP contribution in [0.5, 0.6) is 17.2 Å². The van der Waals surface area contributed by atoms with Crippen LogP contribution in [0.1, 0.15) is 25.8 Å². The number of methoxy groups -OCH3 is 2. The Morgan fingerprint density at radius 3 is 2.33 bits per heavy atom. The van der Waals surface area contributed by atoms with Crippen molar-refractivity contribution in [3.8, 4) is 17.2 Å². The molecule has 0 saturated heterocycles. The average Bonchev–Trinajstić information content (AvgIpc) is 2.66. The molecule has 0 atom stereocenters. The summed E-state index contributed by atoms with van der Waals surface area (Å²) in [6.07, 6.45) is 2.05. The zero-order valence-electron chi connectivity index (χ0n) is 16.4. The molecule has 0 radical (unpaired) electrons. The van der Waals surface area contributed by atoms with Gasteiger partial charge in [-0.1, -0.05) is 6.07 Å². The summed E-state index contributed by atoms with van der Waals surface area (Å²) in [6.45, 7) is 4.80. The molecule has 0 unspecified atom stereocenters. The second-order valence-corrected chi connectivity index (χ2v) is 6.77. The van der Waals surface area contributed by atoms with Gasteiger partial charge in [-0.05, 0) is 80.9 Å². The summed E-state index contributed by atoms with van der Waals surface area (Å²) in [4.78, 5) is 0. The van der Waals surface area contributed by atoms with Crippen molar-refractivity contribution >= 4 is 23.0 Å². The quantitative estimate of drug-likeness (QED) is 0.490. The lowest BCUT2D eigenvalue weighted by molar-refractivity contribution is 0.242. The number of anilines is 1. The fourth-order valence-corrected chi connectivity index (χ4v) is 2.81. The van der Waals surface area contributed by atoms with Gasteiger partial charge in [0.2, 0.25) is 0 Å². The third kappa shape index (κ3) is 6.98. The van der Waals surface area contributed by atoms with E-state index >= 15 is 0 Å². The van der Waals surface area contributed by atoms with Gasteiger partial charge in [0.05, 0.1) is 20.3 Å². The van der Waals surface area contributed by atoms with Crippen LogP contribution in [0.3, 0.4) is 0 Å². The summed E-state index contributed by atoms with van der Waals surface area (Å²) >= 11 is 5.35. The Balaban J connectivity index is 1.73. The monoisotopic (exact) mass is 388 g/mol. The summed E-state index contributed by atoms with van der Waals surface area (Å²) in [5, 5.41) is 7.03. The van der Waals surface area contributed by atoms with E-state index in [4.69, 9.17) is 26.4 Å². The molecule has 0 bridgehead atoms. The Hall–Kier alpha value is -2.47. The standard InChI is InChI=1S/C21H28N2O3S/c1-15(2)26-18-10-8-17(9-11-18)23-21(27)22-13-5-6-16-7-12-19(24-3)20(14-16)25-4/h7-12,14-15H,5-6,13H2,1-4H3,(H2,22,23,27). The summed E-state index contributed by atoms with van der Waals surface area (Å²) in [6, 6.07) is 13.8. The highest BCUT2D eigenvalue weighted by Crippen LogP contribution is 2.27. The first kappa shape index (κ1) is 20.8. The number of rotatable bonds is 9. The number of hydrogen-bond donors (Lipinski definition) is 2. The third-order valence-corrected chi connectivity index (χ3v) is 4.11.